The Bertz CT molecular complexity index is 495. The summed E-state index contributed by atoms with van der Waals surface area (Å²) < 4.78 is 5.66. The maximum atomic E-state index is 12.3. The van der Waals surface area contributed by atoms with Crippen LogP contribution >= 0.6 is 0 Å². The fourth-order valence-corrected chi connectivity index (χ4v) is 3.16. The minimum Gasteiger partial charge on any atom is -0.399 e. The SMILES string of the molecule is Nc1ccc2c(c1)CCCC(=O)N2CCC1CCCO1. The van der Waals surface area contributed by atoms with E-state index in [1.165, 1.54) is 5.56 Å². The van der Waals surface area contributed by atoms with Gasteiger partial charge in [0.2, 0.25) is 5.91 Å². The first kappa shape index (κ1) is 13.4. The first-order valence-corrected chi connectivity index (χ1v) is 7.54. The van der Waals surface area contributed by atoms with Gasteiger partial charge in [-0.25, -0.2) is 0 Å². The first-order chi connectivity index (χ1) is 9.74. The van der Waals surface area contributed by atoms with Gasteiger partial charge in [-0.1, -0.05) is 0 Å². The number of ether oxygens (including phenoxy) is 1. The van der Waals surface area contributed by atoms with Gasteiger partial charge in [0.15, 0.2) is 0 Å². The van der Waals surface area contributed by atoms with Crippen molar-refractivity contribution in [2.45, 2.75) is 44.6 Å². The van der Waals surface area contributed by atoms with E-state index in [-0.39, 0.29) is 5.91 Å². The van der Waals surface area contributed by atoms with Gasteiger partial charge in [0.25, 0.3) is 0 Å². The van der Waals surface area contributed by atoms with E-state index in [1.54, 1.807) is 0 Å². The Kier molecular flexibility index (Phi) is 3.92. The number of nitrogens with zero attached hydrogens (tertiary/aromatic N) is 1. The summed E-state index contributed by atoms with van der Waals surface area (Å²) >= 11 is 0. The Morgan fingerprint density at radius 3 is 3.00 bits per heavy atom. The lowest BCUT2D eigenvalue weighted by Crippen LogP contribution is -2.33. The minimum absolute atomic E-state index is 0.228. The van der Waals surface area contributed by atoms with E-state index in [1.807, 2.05) is 23.1 Å². The Labute approximate surface area is 119 Å². The van der Waals surface area contributed by atoms with Crippen LogP contribution in [0.25, 0.3) is 0 Å². The summed E-state index contributed by atoms with van der Waals surface area (Å²) in [6, 6.07) is 5.88. The van der Waals surface area contributed by atoms with Gasteiger partial charge in [0.05, 0.1) is 6.10 Å². The van der Waals surface area contributed by atoms with Crippen molar-refractivity contribution in [2.24, 2.45) is 0 Å². The van der Waals surface area contributed by atoms with Gasteiger partial charge >= 0.3 is 0 Å². The van der Waals surface area contributed by atoms with Crippen LogP contribution in [0.3, 0.4) is 0 Å². The van der Waals surface area contributed by atoms with Crippen LogP contribution in [0.15, 0.2) is 18.2 Å². The summed E-state index contributed by atoms with van der Waals surface area (Å²) in [5.74, 6) is 0.228. The number of fused-ring (bicyclic) bond motifs is 1. The van der Waals surface area contributed by atoms with Gasteiger partial charge < -0.3 is 15.4 Å². The number of hydrogen-bond acceptors (Lipinski definition) is 3. The van der Waals surface area contributed by atoms with E-state index < -0.39 is 0 Å². The maximum absolute atomic E-state index is 12.3. The number of benzene rings is 1. The Morgan fingerprint density at radius 2 is 2.20 bits per heavy atom. The predicted octanol–water partition coefficient (Wildman–Crippen LogP) is 2.51. The van der Waals surface area contributed by atoms with Gasteiger partial charge in [-0.3, -0.25) is 4.79 Å². The molecule has 20 heavy (non-hydrogen) atoms. The van der Waals surface area contributed by atoms with Crippen molar-refractivity contribution in [3.05, 3.63) is 23.8 Å². The van der Waals surface area contributed by atoms with E-state index in [0.29, 0.717) is 12.5 Å². The number of amides is 1. The first-order valence-electron chi connectivity index (χ1n) is 7.54. The van der Waals surface area contributed by atoms with Gasteiger partial charge in [0, 0.05) is 30.9 Å². The average molecular weight is 274 g/mol. The number of carbonyl (C=O) groups is 1. The van der Waals surface area contributed by atoms with Crippen LogP contribution in [0.1, 0.15) is 37.7 Å². The van der Waals surface area contributed by atoms with Crippen molar-refractivity contribution >= 4 is 17.3 Å². The van der Waals surface area contributed by atoms with Gasteiger partial charge in [-0.15, -0.1) is 0 Å². The molecule has 1 unspecified atom stereocenters. The Morgan fingerprint density at radius 1 is 1.30 bits per heavy atom. The highest BCUT2D eigenvalue weighted by molar-refractivity contribution is 5.95. The van der Waals surface area contributed by atoms with Crippen molar-refractivity contribution in [3.8, 4) is 0 Å². The molecule has 1 aromatic carbocycles. The van der Waals surface area contributed by atoms with E-state index in [2.05, 4.69) is 0 Å². The normalized spacial score (nSPS) is 22.7. The van der Waals surface area contributed by atoms with E-state index in [9.17, 15) is 4.79 Å². The minimum atomic E-state index is 0.228. The molecule has 2 N–H and O–H groups in total. The van der Waals surface area contributed by atoms with Crippen LogP contribution < -0.4 is 10.6 Å². The number of aryl methyl sites for hydroxylation is 1. The highest BCUT2D eigenvalue weighted by Gasteiger charge is 2.24. The summed E-state index contributed by atoms with van der Waals surface area (Å²) in [6.45, 7) is 1.62. The number of nitrogens with two attached hydrogens (primary N) is 1. The molecule has 108 valence electrons. The number of nitrogen functional groups attached to an aromatic ring is 1. The van der Waals surface area contributed by atoms with Crippen LogP contribution in [-0.4, -0.2) is 25.2 Å². The van der Waals surface area contributed by atoms with Gasteiger partial charge in [-0.05, 0) is 55.9 Å². The summed E-state index contributed by atoms with van der Waals surface area (Å²) in [5, 5.41) is 0. The van der Waals surface area contributed by atoms with Crippen molar-refractivity contribution in [3.63, 3.8) is 0 Å². The van der Waals surface area contributed by atoms with E-state index >= 15 is 0 Å². The molecule has 0 spiro atoms. The molecule has 0 aliphatic carbocycles. The Balaban J connectivity index is 1.78. The fraction of sp³-hybridized carbons (Fsp3) is 0.562. The molecule has 0 radical (unpaired) electrons. The van der Waals surface area contributed by atoms with Gasteiger partial charge in [-0.2, -0.15) is 0 Å². The molecule has 1 fully saturated rings. The lowest BCUT2D eigenvalue weighted by Gasteiger charge is -2.24. The van der Waals surface area contributed by atoms with E-state index in [4.69, 9.17) is 10.5 Å². The average Bonchev–Trinajstić information content (AvgIpc) is 2.89. The lowest BCUT2D eigenvalue weighted by molar-refractivity contribution is -0.118. The zero-order chi connectivity index (χ0) is 13.9. The second-order valence-electron chi connectivity index (χ2n) is 5.71. The molecule has 4 nitrogen and oxygen atoms in total. The number of carbonyl (C=O) groups excluding carboxylic acids is 1. The van der Waals surface area contributed by atoms with Crippen LogP contribution in [-0.2, 0) is 16.0 Å². The summed E-state index contributed by atoms with van der Waals surface area (Å²) in [6.07, 6.45) is 5.98. The molecule has 3 rings (SSSR count). The molecule has 2 aliphatic heterocycles. The van der Waals surface area contributed by atoms with Crippen molar-refractivity contribution in [1.29, 1.82) is 0 Å². The highest BCUT2D eigenvalue weighted by atomic mass is 16.5. The van der Waals surface area contributed by atoms with Crippen molar-refractivity contribution in [2.75, 3.05) is 23.8 Å². The van der Waals surface area contributed by atoms with Crippen LogP contribution in [0.2, 0.25) is 0 Å². The molecule has 2 heterocycles. The Hall–Kier alpha value is -1.55. The monoisotopic (exact) mass is 274 g/mol. The topological polar surface area (TPSA) is 55.6 Å². The molecule has 1 saturated heterocycles. The third-order valence-corrected chi connectivity index (χ3v) is 4.23. The third-order valence-electron chi connectivity index (χ3n) is 4.23. The second-order valence-corrected chi connectivity index (χ2v) is 5.71. The van der Waals surface area contributed by atoms with Crippen molar-refractivity contribution in [1.82, 2.24) is 0 Å². The van der Waals surface area contributed by atoms with Crippen LogP contribution in [0.4, 0.5) is 11.4 Å². The highest BCUT2D eigenvalue weighted by Crippen LogP contribution is 2.29. The second kappa shape index (κ2) is 5.83. The molecule has 0 saturated carbocycles. The van der Waals surface area contributed by atoms with Crippen LogP contribution in [0, 0.1) is 0 Å². The molecule has 1 aromatic rings. The van der Waals surface area contributed by atoms with E-state index in [0.717, 1.165) is 56.6 Å². The molecular formula is C16H22N2O2. The molecule has 0 bridgehead atoms. The lowest BCUT2D eigenvalue weighted by atomic mass is 10.1. The fourth-order valence-electron chi connectivity index (χ4n) is 3.16. The number of anilines is 2. The van der Waals surface area contributed by atoms with Crippen molar-refractivity contribution < 1.29 is 9.53 Å². The molecular weight excluding hydrogens is 252 g/mol. The summed E-state index contributed by atoms with van der Waals surface area (Å²) in [7, 11) is 0. The zero-order valence-corrected chi connectivity index (χ0v) is 11.8. The molecule has 1 amide bonds. The molecule has 4 heteroatoms. The molecule has 1 atom stereocenters. The summed E-state index contributed by atoms with van der Waals surface area (Å²) in [4.78, 5) is 14.3. The molecule has 2 aliphatic rings. The predicted molar refractivity (Wildman–Crippen MR) is 79.7 cm³/mol. The number of hydrogen-bond donors (Lipinski definition) is 1. The molecule has 0 aromatic heterocycles. The number of rotatable bonds is 3. The zero-order valence-electron chi connectivity index (χ0n) is 11.8. The smallest absolute Gasteiger partial charge is 0.226 e. The standard InChI is InChI=1S/C16H22N2O2/c17-13-6-7-15-12(11-13)3-1-5-16(19)18(15)9-8-14-4-2-10-20-14/h6-7,11,14H,1-5,8-10,17H2. The van der Waals surface area contributed by atoms with Gasteiger partial charge in [0.1, 0.15) is 0 Å². The maximum Gasteiger partial charge on any atom is 0.226 e. The third kappa shape index (κ3) is 2.80. The largest absolute Gasteiger partial charge is 0.399 e. The summed E-state index contributed by atoms with van der Waals surface area (Å²) in [5.41, 5.74) is 8.88. The quantitative estimate of drug-likeness (QED) is 0.862. The van der Waals surface area contributed by atoms with Crippen LogP contribution in [0.5, 0.6) is 0 Å².